The van der Waals surface area contributed by atoms with E-state index in [9.17, 15) is 0 Å². The topological polar surface area (TPSA) is 56.3 Å². The molecule has 2 bridgehead atoms. The molecule has 114 valence electrons. The van der Waals surface area contributed by atoms with Gasteiger partial charge >= 0.3 is 0 Å². The minimum Gasteiger partial charge on any atom is -0.493 e. The van der Waals surface area contributed by atoms with Gasteiger partial charge in [-0.15, -0.1) is 0 Å². The third-order valence-corrected chi connectivity index (χ3v) is 4.66. The first-order valence-corrected chi connectivity index (χ1v) is 7.60. The summed E-state index contributed by atoms with van der Waals surface area (Å²) in [6.07, 6.45) is 8.92. The smallest absolute Gasteiger partial charge is 0.163 e. The number of allylic oxidation sites excluding steroid dienone is 1. The second kappa shape index (κ2) is 5.16. The highest BCUT2D eigenvalue weighted by atomic mass is 16.5. The molecule has 1 N–H and O–H groups in total. The molecule has 0 spiro atoms. The Hall–Kier alpha value is -2.30. The van der Waals surface area contributed by atoms with Gasteiger partial charge in [-0.25, -0.2) is 4.98 Å². The van der Waals surface area contributed by atoms with Crippen LogP contribution in [0.2, 0.25) is 0 Å². The molecule has 0 saturated heterocycles. The van der Waals surface area contributed by atoms with Gasteiger partial charge in [-0.1, -0.05) is 12.2 Å². The molecule has 1 saturated carbocycles. The molecule has 3 atom stereocenters. The van der Waals surface area contributed by atoms with Crippen molar-refractivity contribution in [3.05, 3.63) is 30.5 Å². The summed E-state index contributed by atoms with van der Waals surface area (Å²) in [7, 11) is 3.25. The van der Waals surface area contributed by atoms with Crippen molar-refractivity contribution in [1.29, 1.82) is 0 Å². The zero-order chi connectivity index (χ0) is 15.1. The number of aromatic nitrogens is 2. The summed E-state index contributed by atoms with van der Waals surface area (Å²) in [5.41, 5.74) is 1.61. The standard InChI is InChI=1S/C17H19N3O2/c1-21-15-7-13-14(8-16(15)22-2)20-17(9-18-13)19-12-6-10-3-4-11(12)5-10/h3-4,7-12H,5-6H2,1-2H3,(H,19,20). The van der Waals surface area contributed by atoms with E-state index in [-0.39, 0.29) is 0 Å². The van der Waals surface area contributed by atoms with Crippen LogP contribution in [0.1, 0.15) is 12.8 Å². The number of hydrogen-bond donors (Lipinski definition) is 1. The summed E-state index contributed by atoms with van der Waals surface area (Å²) in [6, 6.07) is 4.19. The van der Waals surface area contributed by atoms with E-state index in [1.54, 1.807) is 20.4 Å². The van der Waals surface area contributed by atoms with Gasteiger partial charge in [0.25, 0.3) is 0 Å². The molecule has 0 amide bonds. The van der Waals surface area contributed by atoms with Crippen molar-refractivity contribution in [2.24, 2.45) is 11.8 Å². The van der Waals surface area contributed by atoms with Crippen LogP contribution in [0.3, 0.4) is 0 Å². The van der Waals surface area contributed by atoms with Crippen LogP contribution >= 0.6 is 0 Å². The van der Waals surface area contributed by atoms with E-state index in [0.717, 1.165) is 22.8 Å². The highest BCUT2D eigenvalue weighted by molar-refractivity contribution is 5.80. The minimum atomic E-state index is 0.474. The van der Waals surface area contributed by atoms with Crippen LogP contribution in [0.25, 0.3) is 11.0 Å². The third-order valence-electron chi connectivity index (χ3n) is 4.66. The monoisotopic (exact) mass is 297 g/mol. The average Bonchev–Trinajstić information content (AvgIpc) is 3.16. The van der Waals surface area contributed by atoms with Gasteiger partial charge in [0.05, 0.1) is 31.4 Å². The van der Waals surface area contributed by atoms with Gasteiger partial charge in [0, 0.05) is 18.2 Å². The van der Waals surface area contributed by atoms with Crippen molar-refractivity contribution in [3.63, 3.8) is 0 Å². The molecule has 4 rings (SSSR count). The first kappa shape index (κ1) is 13.4. The number of anilines is 1. The number of ether oxygens (including phenoxy) is 2. The van der Waals surface area contributed by atoms with Crippen molar-refractivity contribution in [2.75, 3.05) is 19.5 Å². The van der Waals surface area contributed by atoms with E-state index in [0.29, 0.717) is 23.5 Å². The van der Waals surface area contributed by atoms with E-state index in [2.05, 4.69) is 27.4 Å². The Morgan fingerprint density at radius 2 is 1.82 bits per heavy atom. The molecule has 1 aromatic carbocycles. The Morgan fingerprint density at radius 3 is 2.45 bits per heavy atom. The maximum atomic E-state index is 5.34. The lowest BCUT2D eigenvalue weighted by atomic mass is 10.0. The first-order valence-electron chi connectivity index (χ1n) is 7.60. The molecule has 1 heterocycles. The number of nitrogens with one attached hydrogen (secondary N) is 1. The van der Waals surface area contributed by atoms with Crippen molar-refractivity contribution in [2.45, 2.75) is 18.9 Å². The van der Waals surface area contributed by atoms with Gasteiger partial charge in [-0.3, -0.25) is 4.98 Å². The van der Waals surface area contributed by atoms with Crippen molar-refractivity contribution >= 4 is 16.9 Å². The number of hydrogen-bond acceptors (Lipinski definition) is 5. The van der Waals surface area contributed by atoms with Crippen molar-refractivity contribution in [1.82, 2.24) is 9.97 Å². The Bertz CT molecular complexity index is 744. The molecule has 1 aromatic heterocycles. The van der Waals surface area contributed by atoms with Gasteiger partial charge in [0.2, 0.25) is 0 Å². The molecule has 0 aliphatic heterocycles. The Labute approximate surface area is 129 Å². The van der Waals surface area contributed by atoms with Crippen LogP contribution in [-0.4, -0.2) is 30.2 Å². The van der Waals surface area contributed by atoms with Crippen LogP contribution in [0, 0.1) is 11.8 Å². The summed E-state index contributed by atoms with van der Waals surface area (Å²) in [6.45, 7) is 0. The molecule has 0 radical (unpaired) electrons. The number of benzene rings is 1. The maximum Gasteiger partial charge on any atom is 0.163 e. The van der Waals surface area contributed by atoms with E-state index in [1.807, 2.05) is 12.1 Å². The Balaban J connectivity index is 1.64. The fraction of sp³-hybridized carbons (Fsp3) is 0.412. The van der Waals surface area contributed by atoms with Gasteiger partial charge in [-0.2, -0.15) is 0 Å². The molecule has 22 heavy (non-hydrogen) atoms. The van der Waals surface area contributed by atoms with Gasteiger partial charge < -0.3 is 14.8 Å². The lowest BCUT2D eigenvalue weighted by Gasteiger charge is -2.20. The lowest BCUT2D eigenvalue weighted by molar-refractivity contribution is 0.355. The SMILES string of the molecule is COc1cc2ncc(NC3CC4C=CC3C4)nc2cc1OC. The zero-order valence-electron chi connectivity index (χ0n) is 12.7. The average molecular weight is 297 g/mol. The fourth-order valence-corrected chi connectivity index (χ4v) is 3.55. The Morgan fingerprint density at radius 1 is 1.05 bits per heavy atom. The molecule has 2 aliphatic carbocycles. The van der Waals surface area contributed by atoms with Crippen molar-refractivity contribution in [3.8, 4) is 11.5 Å². The van der Waals surface area contributed by atoms with Gasteiger partial charge in [-0.05, 0) is 24.7 Å². The predicted molar refractivity (Wildman–Crippen MR) is 85.4 cm³/mol. The molecule has 1 fully saturated rings. The maximum absolute atomic E-state index is 5.34. The highest BCUT2D eigenvalue weighted by Crippen LogP contribution is 2.40. The predicted octanol–water partition coefficient (Wildman–Crippen LogP) is 3.02. The third kappa shape index (κ3) is 2.17. The molecule has 5 heteroatoms. The summed E-state index contributed by atoms with van der Waals surface area (Å²) in [5.74, 6) is 3.53. The summed E-state index contributed by atoms with van der Waals surface area (Å²) in [5, 5.41) is 3.53. The first-order chi connectivity index (χ1) is 10.8. The molecule has 3 unspecified atom stereocenters. The largest absolute Gasteiger partial charge is 0.493 e. The lowest BCUT2D eigenvalue weighted by Crippen LogP contribution is -2.24. The van der Waals surface area contributed by atoms with Crippen molar-refractivity contribution < 1.29 is 9.47 Å². The van der Waals surface area contributed by atoms with Crippen LogP contribution in [-0.2, 0) is 0 Å². The second-order valence-electron chi connectivity index (χ2n) is 5.98. The Kier molecular flexibility index (Phi) is 3.13. The minimum absolute atomic E-state index is 0.474. The van der Waals surface area contributed by atoms with Gasteiger partial charge in [0.1, 0.15) is 5.82 Å². The van der Waals surface area contributed by atoms with E-state index in [4.69, 9.17) is 9.47 Å². The summed E-state index contributed by atoms with van der Waals surface area (Å²) < 4.78 is 10.6. The van der Waals surface area contributed by atoms with Crippen LogP contribution in [0.15, 0.2) is 30.5 Å². The highest BCUT2D eigenvalue weighted by Gasteiger charge is 2.35. The summed E-state index contributed by atoms with van der Waals surface area (Å²) >= 11 is 0. The van der Waals surface area contributed by atoms with Crippen LogP contribution < -0.4 is 14.8 Å². The van der Waals surface area contributed by atoms with E-state index >= 15 is 0 Å². The number of methoxy groups -OCH3 is 2. The van der Waals surface area contributed by atoms with Crippen LogP contribution in [0.4, 0.5) is 5.82 Å². The molecular formula is C17H19N3O2. The molecular weight excluding hydrogens is 278 g/mol. The number of rotatable bonds is 4. The number of nitrogens with zero attached hydrogens (tertiary/aromatic N) is 2. The molecule has 2 aliphatic rings. The zero-order valence-corrected chi connectivity index (χ0v) is 12.7. The quantitative estimate of drug-likeness (QED) is 0.879. The normalized spacial score (nSPS) is 25.6. The van der Waals surface area contributed by atoms with Gasteiger partial charge in [0.15, 0.2) is 11.5 Å². The van der Waals surface area contributed by atoms with E-state index in [1.165, 1.54) is 12.8 Å². The van der Waals surface area contributed by atoms with E-state index < -0.39 is 0 Å². The second-order valence-corrected chi connectivity index (χ2v) is 5.98. The van der Waals surface area contributed by atoms with Crippen LogP contribution in [0.5, 0.6) is 11.5 Å². The fourth-order valence-electron chi connectivity index (χ4n) is 3.55. The number of fused-ring (bicyclic) bond motifs is 3. The molecule has 5 nitrogen and oxygen atoms in total. The molecule has 2 aromatic rings. The summed E-state index contributed by atoms with van der Waals surface area (Å²) in [4.78, 5) is 9.16.